The molecule has 2 rings (SSSR count). The third-order valence-electron chi connectivity index (χ3n) is 4.54. The van der Waals surface area contributed by atoms with Crippen molar-refractivity contribution in [2.75, 3.05) is 24.3 Å². The summed E-state index contributed by atoms with van der Waals surface area (Å²) < 4.78 is 38.8. The number of rotatable bonds is 6. The highest BCUT2D eigenvalue weighted by molar-refractivity contribution is 6.06. The van der Waals surface area contributed by atoms with Gasteiger partial charge in [0, 0.05) is 37.1 Å². The number of allylic oxidation sites excluding steroid dienone is 2. The summed E-state index contributed by atoms with van der Waals surface area (Å²) in [6, 6.07) is 8.88. The van der Waals surface area contributed by atoms with E-state index in [2.05, 4.69) is 28.1 Å². The fourth-order valence-corrected chi connectivity index (χ4v) is 2.90. The van der Waals surface area contributed by atoms with E-state index in [1.807, 2.05) is 6.92 Å². The van der Waals surface area contributed by atoms with Crippen molar-refractivity contribution >= 4 is 24.1 Å². The summed E-state index contributed by atoms with van der Waals surface area (Å²) in [6.45, 7) is 6.22. The molecule has 0 fully saturated rings. The second-order valence-electron chi connectivity index (χ2n) is 7.01. The molecule has 2 aromatic rings. The smallest absolute Gasteiger partial charge is 0.362 e. The van der Waals surface area contributed by atoms with Gasteiger partial charge in [-0.25, -0.2) is 4.98 Å². The minimum absolute atomic E-state index is 0.212. The van der Waals surface area contributed by atoms with Gasteiger partial charge in [0.1, 0.15) is 17.6 Å². The third-order valence-corrected chi connectivity index (χ3v) is 4.54. The van der Waals surface area contributed by atoms with E-state index < -0.39 is 17.8 Å². The second kappa shape index (κ2) is 9.92. The van der Waals surface area contributed by atoms with Crippen molar-refractivity contribution in [1.29, 1.82) is 5.26 Å². The van der Waals surface area contributed by atoms with Gasteiger partial charge in [0.15, 0.2) is 0 Å². The molecular formula is C23H22F3N5O. The zero-order chi connectivity index (χ0) is 24.1. The lowest BCUT2D eigenvalue weighted by atomic mass is 10.00. The van der Waals surface area contributed by atoms with Crippen LogP contribution in [0.2, 0.25) is 0 Å². The van der Waals surface area contributed by atoms with Gasteiger partial charge in [-0.15, -0.1) is 0 Å². The van der Waals surface area contributed by atoms with Gasteiger partial charge < -0.3 is 10.2 Å². The fourth-order valence-electron chi connectivity index (χ4n) is 2.90. The monoisotopic (exact) mass is 441 g/mol. The van der Waals surface area contributed by atoms with Gasteiger partial charge in [-0.1, -0.05) is 12.1 Å². The van der Waals surface area contributed by atoms with E-state index in [0.717, 1.165) is 11.1 Å². The van der Waals surface area contributed by atoms with Crippen LogP contribution >= 0.6 is 0 Å². The second-order valence-corrected chi connectivity index (χ2v) is 7.01. The quantitative estimate of drug-likeness (QED) is 0.387. The van der Waals surface area contributed by atoms with Gasteiger partial charge in [0.25, 0.3) is 5.91 Å². The fraction of sp³-hybridized carbons (Fsp3) is 0.217. The maximum Gasteiger partial charge on any atom is 0.433 e. The van der Waals surface area contributed by atoms with Crippen LogP contribution < -0.4 is 10.2 Å². The molecule has 166 valence electrons. The van der Waals surface area contributed by atoms with Crippen molar-refractivity contribution < 1.29 is 18.0 Å². The number of amides is 1. The van der Waals surface area contributed by atoms with Crippen molar-refractivity contribution in [3.63, 3.8) is 0 Å². The first-order valence-electron chi connectivity index (χ1n) is 9.43. The average Bonchev–Trinajstić information content (AvgIpc) is 2.74. The Balaban J connectivity index is 2.40. The molecule has 1 N–H and O–H groups in total. The van der Waals surface area contributed by atoms with Crippen molar-refractivity contribution in [3.8, 4) is 17.2 Å². The number of nitriles is 1. The maximum absolute atomic E-state index is 12.9. The molecule has 0 radical (unpaired) electrons. The third kappa shape index (κ3) is 5.60. The molecule has 1 aromatic heterocycles. The summed E-state index contributed by atoms with van der Waals surface area (Å²) in [5.74, 6) is -0.203. The molecule has 0 atom stereocenters. The summed E-state index contributed by atoms with van der Waals surface area (Å²) in [4.78, 5) is 21.6. The Labute approximate surface area is 184 Å². The molecule has 32 heavy (non-hydrogen) atoms. The van der Waals surface area contributed by atoms with E-state index in [0.29, 0.717) is 28.7 Å². The van der Waals surface area contributed by atoms with Crippen molar-refractivity contribution in [2.45, 2.75) is 20.0 Å². The molecule has 0 unspecified atom stereocenters. The predicted molar refractivity (Wildman–Crippen MR) is 120 cm³/mol. The van der Waals surface area contributed by atoms with E-state index in [-0.39, 0.29) is 5.57 Å². The number of aliphatic imine (C=N–C) groups is 1. The van der Waals surface area contributed by atoms with E-state index in [1.54, 1.807) is 49.5 Å². The first-order valence-corrected chi connectivity index (χ1v) is 9.43. The number of hydrogen-bond donors (Lipinski definition) is 1. The van der Waals surface area contributed by atoms with Gasteiger partial charge >= 0.3 is 6.18 Å². The molecule has 6 nitrogen and oxygen atoms in total. The number of hydrogen-bond acceptors (Lipinski definition) is 5. The molecule has 0 bridgehead atoms. The Kier molecular flexibility index (Phi) is 7.54. The van der Waals surface area contributed by atoms with Crippen LogP contribution in [0, 0.1) is 18.3 Å². The van der Waals surface area contributed by atoms with E-state index >= 15 is 0 Å². The van der Waals surface area contributed by atoms with Gasteiger partial charge in [-0.05, 0) is 56.0 Å². The number of aryl methyl sites for hydroxylation is 1. The van der Waals surface area contributed by atoms with Crippen LogP contribution in [0.4, 0.5) is 24.7 Å². The maximum atomic E-state index is 12.9. The number of pyridine rings is 1. The number of anilines is 2. The number of alkyl halides is 3. The number of carbonyl (C=O) groups is 1. The van der Waals surface area contributed by atoms with E-state index in [1.165, 1.54) is 13.0 Å². The summed E-state index contributed by atoms with van der Waals surface area (Å²) in [5.41, 5.74) is 1.54. The normalized spacial score (nSPS) is 12.2. The zero-order valence-electron chi connectivity index (χ0n) is 18.1. The van der Waals surface area contributed by atoms with Gasteiger partial charge in [-0.3, -0.25) is 9.79 Å². The van der Waals surface area contributed by atoms with Crippen LogP contribution in [0.3, 0.4) is 0 Å². The first-order chi connectivity index (χ1) is 15.0. The summed E-state index contributed by atoms with van der Waals surface area (Å²) >= 11 is 0. The number of benzene rings is 1. The number of halogens is 3. The highest BCUT2D eigenvalue weighted by Crippen LogP contribution is 2.30. The highest BCUT2D eigenvalue weighted by Gasteiger charge is 2.33. The molecule has 0 saturated heterocycles. The van der Waals surface area contributed by atoms with Gasteiger partial charge in [0.05, 0.1) is 5.56 Å². The Morgan fingerprint density at radius 3 is 2.53 bits per heavy atom. The Morgan fingerprint density at radius 2 is 2.00 bits per heavy atom. The standard InChI is InChI=1S/C23H22F3N5O/c1-6-15(10-20(28-3)23(24,25)26)22(32)30-18-8-7-14(2)19(11-18)17-9-16(12-27)21(29-13-17)31(4)5/h6-11,13H,3H2,1-2,4-5H3,(H,30,32)/b15-6+,20-10-. The lowest BCUT2D eigenvalue weighted by molar-refractivity contribution is -0.112. The summed E-state index contributed by atoms with van der Waals surface area (Å²) in [5, 5.41) is 12.0. The lowest BCUT2D eigenvalue weighted by Gasteiger charge is -2.15. The highest BCUT2D eigenvalue weighted by atomic mass is 19.4. The zero-order valence-corrected chi connectivity index (χ0v) is 18.1. The van der Waals surface area contributed by atoms with Gasteiger partial charge in [-0.2, -0.15) is 18.4 Å². The summed E-state index contributed by atoms with van der Waals surface area (Å²) in [6.07, 6.45) is -1.21. The number of carbonyl (C=O) groups excluding carboxylic acids is 1. The molecule has 0 saturated carbocycles. The first kappa shape index (κ1) is 24.3. The largest absolute Gasteiger partial charge is 0.433 e. The van der Waals surface area contributed by atoms with Gasteiger partial charge in [0.2, 0.25) is 0 Å². The molecule has 0 spiro atoms. The molecule has 1 aromatic carbocycles. The van der Waals surface area contributed by atoms with E-state index in [4.69, 9.17) is 0 Å². The van der Waals surface area contributed by atoms with Crippen LogP contribution in [0.1, 0.15) is 18.1 Å². The van der Waals surface area contributed by atoms with Crippen LogP contribution in [-0.2, 0) is 4.79 Å². The van der Waals surface area contributed by atoms with Crippen LogP contribution in [0.15, 0.2) is 58.9 Å². The Bertz CT molecular complexity index is 1140. The molecule has 0 aliphatic carbocycles. The molecule has 9 heteroatoms. The molecule has 1 heterocycles. The van der Waals surface area contributed by atoms with E-state index in [9.17, 15) is 23.2 Å². The summed E-state index contributed by atoms with van der Waals surface area (Å²) in [7, 11) is 3.56. The number of aromatic nitrogens is 1. The number of nitrogens with zero attached hydrogens (tertiary/aromatic N) is 4. The van der Waals surface area contributed by atoms with Crippen LogP contribution in [-0.4, -0.2) is 37.9 Å². The lowest BCUT2D eigenvalue weighted by Crippen LogP contribution is -2.16. The predicted octanol–water partition coefficient (Wildman–Crippen LogP) is 5.03. The minimum atomic E-state index is -4.72. The molecule has 0 aliphatic rings. The average molecular weight is 441 g/mol. The van der Waals surface area contributed by atoms with Crippen molar-refractivity contribution in [2.24, 2.45) is 4.99 Å². The Morgan fingerprint density at radius 1 is 1.31 bits per heavy atom. The SMILES string of the molecule is C=N/C(=C\C(=C/C)C(=O)Nc1ccc(C)c(-c2cnc(N(C)C)c(C#N)c2)c1)C(F)(F)F. The van der Waals surface area contributed by atoms with Crippen LogP contribution in [0.5, 0.6) is 0 Å². The topological polar surface area (TPSA) is 81.4 Å². The Hall–Kier alpha value is -3.93. The minimum Gasteiger partial charge on any atom is -0.362 e. The van der Waals surface area contributed by atoms with Crippen LogP contribution in [0.25, 0.3) is 11.1 Å². The van der Waals surface area contributed by atoms with Crippen molar-refractivity contribution in [1.82, 2.24) is 4.98 Å². The molecular weight excluding hydrogens is 419 g/mol. The molecule has 1 amide bonds. The number of nitrogens with one attached hydrogen (secondary N) is 1. The van der Waals surface area contributed by atoms with Crippen molar-refractivity contribution in [3.05, 3.63) is 65.0 Å². The molecule has 0 aliphatic heterocycles.